The largest absolute Gasteiger partial charge is 0.415 e. The lowest BCUT2D eigenvalue weighted by atomic mass is 10.2. The molecule has 0 saturated carbocycles. The van der Waals surface area contributed by atoms with Crippen molar-refractivity contribution in [1.29, 1.82) is 0 Å². The van der Waals surface area contributed by atoms with Gasteiger partial charge in [-0.15, -0.1) is 5.10 Å². The van der Waals surface area contributed by atoms with Gasteiger partial charge in [-0.3, -0.25) is 10.1 Å². The van der Waals surface area contributed by atoms with Gasteiger partial charge < -0.3 is 10.1 Å². The van der Waals surface area contributed by atoms with E-state index in [9.17, 15) is 13.2 Å². The van der Waals surface area contributed by atoms with Gasteiger partial charge in [0.15, 0.2) is 11.5 Å². The van der Waals surface area contributed by atoms with Crippen molar-refractivity contribution in [2.45, 2.75) is 19.6 Å². The SMILES string of the molecule is CC(c1cc(F)ccn1)n1ncc2ncc(Nc3cc(OC(F)F)n[nH]3)nc21. The van der Waals surface area contributed by atoms with Crippen LogP contribution in [0.25, 0.3) is 11.2 Å². The van der Waals surface area contributed by atoms with E-state index in [4.69, 9.17) is 0 Å². The van der Waals surface area contributed by atoms with Crippen molar-refractivity contribution in [1.82, 2.24) is 34.9 Å². The van der Waals surface area contributed by atoms with Gasteiger partial charge in [-0.25, -0.2) is 19.0 Å². The lowest BCUT2D eigenvalue weighted by Gasteiger charge is -2.12. The molecule has 1 atom stereocenters. The highest BCUT2D eigenvalue weighted by Crippen LogP contribution is 2.23. The van der Waals surface area contributed by atoms with Crippen LogP contribution >= 0.6 is 0 Å². The topological polar surface area (TPSA) is 106 Å². The quantitative estimate of drug-likeness (QED) is 0.521. The van der Waals surface area contributed by atoms with Gasteiger partial charge >= 0.3 is 6.61 Å². The summed E-state index contributed by atoms with van der Waals surface area (Å²) in [5.41, 5.74) is 1.44. The number of H-pyrrole nitrogens is 1. The molecule has 4 heterocycles. The zero-order valence-corrected chi connectivity index (χ0v) is 14.3. The summed E-state index contributed by atoms with van der Waals surface area (Å²) in [5.74, 6) is -0.0543. The number of hydrogen-bond donors (Lipinski definition) is 2. The minimum absolute atomic E-state index is 0.262. The molecule has 0 bridgehead atoms. The number of nitrogens with zero attached hydrogens (tertiary/aromatic N) is 6. The predicted octanol–water partition coefficient (Wildman–Crippen LogP) is 3.04. The van der Waals surface area contributed by atoms with Gasteiger partial charge in [-0.05, 0) is 19.1 Å². The molecule has 0 aliphatic heterocycles. The third-order valence-electron chi connectivity index (χ3n) is 3.87. The molecule has 0 saturated heterocycles. The normalized spacial score (nSPS) is 12.5. The third-order valence-corrected chi connectivity index (χ3v) is 3.87. The van der Waals surface area contributed by atoms with Gasteiger partial charge in [0.05, 0.1) is 24.1 Å². The fourth-order valence-corrected chi connectivity index (χ4v) is 2.60. The first kappa shape index (κ1) is 17.7. The van der Waals surface area contributed by atoms with Gasteiger partial charge in [0, 0.05) is 12.3 Å². The molecule has 9 nitrogen and oxygen atoms in total. The van der Waals surface area contributed by atoms with E-state index in [1.54, 1.807) is 11.6 Å². The number of halogens is 3. The Morgan fingerprint density at radius 2 is 2.07 bits per heavy atom. The monoisotopic (exact) mass is 390 g/mol. The molecule has 4 aromatic rings. The van der Waals surface area contributed by atoms with Gasteiger partial charge in [0.2, 0.25) is 5.88 Å². The Kier molecular flexibility index (Phi) is 4.51. The second-order valence-corrected chi connectivity index (χ2v) is 5.75. The first-order valence-corrected chi connectivity index (χ1v) is 8.08. The molecule has 144 valence electrons. The maximum absolute atomic E-state index is 13.5. The number of hydrogen-bond acceptors (Lipinski definition) is 7. The molecule has 0 amide bonds. The number of aromatic amines is 1. The zero-order valence-electron chi connectivity index (χ0n) is 14.3. The van der Waals surface area contributed by atoms with Crippen molar-refractivity contribution < 1.29 is 17.9 Å². The van der Waals surface area contributed by atoms with Crippen molar-refractivity contribution in [3.8, 4) is 5.88 Å². The van der Waals surface area contributed by atoms with E-state index in [-0.39, 0.29) is 11.7 Å². The highest BCUT2D eigenvalue weighted by atomic mass is 19.3. The third kappa shape index (κ3) is 3.56. The Morgan fingerprint density at radius 3 is 2.86 bits per heavy atom. The van der Waals surface area contributed by atoms with Gasteiger partial charge in [0.25, 0.3) is 0 Å². The van der Waals surface area contributed by atoms with Crippen LogP contribution in [0.4, 0.5) is 24.8 Å². The van der Waals surface area contributed by atoms with E-state index in [0.29, 0.717) is 22.7 Å². The molecule has 0 spiro atoms. The van der Waals surface area contributed by atoms with Crippen molar-refractivity contribution in [2.24, 2.45) is 0 Å². The van der Waals surface area contributed by atoms with Gasteiger partial charge in [-0.1, -0.05) is 0 Å². The minimum atomic E-state index is -2.97. The van der Waals surface area contributed by atoms with Crippen molar-refractivity contribution in [3.63, 3.8) is 0 Å². The molecule has 4 aromatic heterocycles. The van der Waals surface area contributed by atoms with Crippen LogP contribution in [0, 0.1) is 5.82 Å². The van der Waals surface area contributed by atoms with Crippen LogP contribution in [0.15, 0.2) is 36.8 Å². The van der Waals surface area contributed by atoms with Crippen LogP contribution in [0.1, 0.15) is 18.7 Å². The Hall–Kier alpha value is -3.70. The Balaban J connectivity index is 1.62. The molecule has 0 fully saturated rings. The van der Waals surface area contributed by atoms with E-state index in [1.807, 2.05) is 0 Å². The first-order chi connectivity index (χ1) is 13.5. The number of rotatable bonds is 6. The molecule has 0 aliphatic rings. The van der Waals surface area contributed by atoms with Gasteiger partial charge in [-0.2, -0.15) is 13.9 Å². The lowest BCUT2D eigenvalue weighted by molar-refractivity contribution is -0.0528. The number of anilines is 2. The standard InChI is InChI=1S/C16H13F3N8O/c1-8(10-4-9(17)2-3-20-10)27-15-11(6-22-27)21-7-13(24-15)23-12-5-14(26-25-12)28-16(18)19/h2-8,16H,1H3,(H2,23,24,25,26). The molecular formula is C16H13F3N8O. The highest BCUT2D eigenvalue weighted by Gasteiger charge is 2.16. The summed E-state index contributed by atoms with van der Waals surface area (Å²) in [6, 6.07) is 3.45. The fourth-order valence-electron chi connectivity index (χ4n) is 2.60. The van der Waals surface area contributed by atoms with E-state index in [0.717, 1.165) is 0 Å². The van der Waals surface area contributed by atoms with E-state index in [1.165, 1.54) is 36.8 Å². The van der Waals surface area contributed by atoms with Crippen LogP contribution < -0.4 is 10.1 Å². The summed E-state index contributed by atoms with van der Waals surface area (Å²) in [6.45, 7) is -1.17. The smallest absolute Gasteiger partial charge is 0.388 e. The molecule has 1 unspecified atom stereocenters. The van der Waals surface area contributed by atoms with Gasteiger partial charge in [0.1, 0.15) is 17.2 Å². The van der Waals surface area contributed by atoms with E-state index in [2.05, 4.69) is 40.3 Å². The van der Waals surface area contributed by atoms with E-state index >= 15 is 0 Å². The summed E-state index contributed by atoms with van der Waals surface area (Å²) in [5, 5.41) is 13.2. The molecule has 4 rings (SSSR count). The number of alkyl halides is 2. The second-order valence-electron chi connectivity index (χ2n) is 5.75. The predicted molar refractivity (Wildman–Crippen MR) is 91.8 cm³/mol. The fraction of sp³-hybridized carbons (Fsp3) is 0.188. The molecule has 12 heteroatoms. The molecule has 0 radical (unpaired) electrons. The molecular weight excluding hydrogens is 377 g/mol. The maximum atomic E-state index is 13.5. The first-order valence-electron chi connectivity index (χ1n) is 8.08. The minimum Gasteiger partial charge on any atom is -0.415 e. The lowest BCUT2D eigenvalue weighted by Crippen LogP contribution is -2.11. The number of aromatic nitrogens is 7. The summed E-state index contributed by atoms with van der Waals surface area (Å²) in [6.07, 6.45) is 4.36. The number of ether oxygens (including phenoxy) is 1. The highest BCUT2D eigenvalue weighted by molar-refractivity contribution is 5.72. The Bertz CT molecular complexity index is 1110. The number of nitrogens with one attached hydrogen (secondary N) is 2. The summed E-state index contributed by atoms with van der Waals surface area (Å²) >= 11 is 0. The van der Waals surface area contributed by atoms with Crippen LogP contribution in [0.3, 0.4) is 0 Å². The van der Waals surface area contributed by atoms with Crippen molar-refractivity contribution >= 4 is 22.8 Å². The molecule has 2 N–H and O–H groups in total. The Morgan fingerprint density at radius 1 is 1.21 bits per heavy atom. The maximum Gasteiger partial charge on any atom is 0.388 e. The Labute approximate surface area is 155 Å². The van der Waals surface area contributed by atoms with E-state index < -0.39 is 18.5 Å². The number of pyridine rings is 1. The molecule has 0 aliphatic carbocycles. The molecule has 0 aromatic carbocycles. The van der Waals surface area contributed by atoms with Crippen molar-refractivity contribution in [2.75, 3.05) is 5.32 Å². The summed E-state index contributed by atoms with van der Waals surface area (Å²) < 4.78 is 43.7. The second kappa shape index (κ2) is 7.13. The zero-order chi connectivity index (χ0) is 19.7. The summed E-state index contributed by atoms with van der Waals surface area (Å²) in [4.78, 5) is 12.9. The number of fused-ring (bicyclic) bond motifs is 1. The van der Waals surface area contributed by atoms with Crippen molar-refractivity contribution in [3.05, 3.63) is 48.3 Å². The van der Waals surface area contributed by atoms with Crippen LogP contribution in [0.5, 0.6) is 5.88 Å². The molecule has 28 heavy (non-hydrogen) atoms. The van der Waals surface area contributed by atoms with Crippen LogP contribution in [-0.2, 0) is 0 Å². The summed E-state index contributed by atoms with van der Waals surface area (Å²) in [7, 11) is 0. The van der Waals surface area contributed by atoms with Crippen LogP contribution in [-0.4, -0.2) is 41.5 Å². The average molecular weight is 390 g/mol. The average Bonchev–Trinajstić information content (AvgIpc) is 3.27. The van der Waals surface area contributed by atoms with Crippen LogP contribution in [0.2, 0.25) is 0 Å².